The van der Waals surface area contributed by atoms with Gasteiger partial charge in [0.2, 0.25) is 0 Å². The average Bonchev–Trinajstić information content (AvgIpc) is 2.91. The number of benzene rings is 1. The lowest BCUT2D eigenvalue weighted by Gasteiger charge is -2.59. The summed E-state index contributed by atoms with van der Waals surface area (Å²) in [5, 5.41) is 0. The Morgan fingerprint density at radius 2 is 1.12 bits per heavy atom. The average molecular weight is 547 g/mol. The number of hydrogen-bond acceptors (Lipinski definition) is 0. The van der Waals surface area contributed by atoms with Crippen LogP contribution in [-0.2, 0) is 11.8 Å². The normalized spacial score (nSPS) is 41.0. The van der Waals surface area contributed by atoms with Crippen molar-refractivity contribution in [2.24, 2.45) is 65.1 Å². The van der Waals surface area contributed by atoms with Crippen LogP contribution in [0.2, 0.25) is 0 Å². The van der Waals surface area contributed by atoms with Crippen molar-refractivity contribution in [3.8, 4) is 0 Å². The highest BCUT2D eigenvalue weighted by Gasteiger charge is 2.55. The predicted octanol–water partition coefficient (Wildman–Crippen LogP) is 11.9. The second-order valence-electron chi connectivity index (χ2n) is 17.1. The Balaban J connectivity index is 1.65. The molecule has 1 aromatic carbocycles. The zero-order valence-corrected chi connectivity index (χ0v) is 28.1. The molecule has 5 rings (SSSR count). The molecule has 0 heterocycles. The minimum Gasteiger partial charge on any atom is -0.0625 e. The lowest BCUT2D eigenvalue weighted by atomic mass is 9.45. The molecule has 40 heavy (non-hydrogen) atoms. The summed E-state index contributed by atoms with van der Waals surface area (Å²) in [5.74, 6) is 10.1. The molecule has 0 amide bonds. The van der Waals surface area contributed by atoms with Crippen LogP contribution < -0.4 is 0 Å². The van der Waals surface area contributed by atoms with E-state index in [-0.39, 0.29) is 0 Å². The predicted molar refractivity (Wildman–Crippen MR) is 175 cm³/mol. The zero-order valence-electron chi connectivity index (χ0n) is 28.1. The monoisotopic (exact) mass is 547 g/mol. The molecule has 0 heteroatoms. The Labute approximate surface area is 250 Å². The molecular weight excluding hydrogens is 480 g/mol. The highest BCUT2D eigenvalue weighted by molar-refractivity contribution is 5.43. The third kappa shape index (κ3) is 5.74. The molecule has 0 nitrogen and oxygen atoms in total. The van der Waals surface area contributed by atoms with Crippen molar-refractivity contribution in [2.75, 3.05) is 0 Å². The molecule has 1 aromatic rings. The van der Waals surface area contributed by atoms with Gasteiger partial charge in [0.25, 0.3) is 0 Å². The summed E-state index contributed by atoms with van der Waals surface area (Å²) >= 11 is 0. The molecule has 226 valence electrons. The fourth-order valence-electron chi connectivity index (χ4n) is 11.4. The highest BCUT2D eigenvalue weighted by Crippen LogP contribution is 2.61. The van der Waals surface area contributed by atoms with E-state index in [1.165, 1.54) is 77.0 Å². The van der Waals surface area contributed by atoms with Crippen LogP contribution >= 0.6 is 0 Å². The topological polar surface area (TPSA) is 0 Å². The maximum absolute atomic E-state index is 2.80. The molecule has 0 bridgehead atoms. The van der Waals surface area contributed by atoms with Crippen molar-refractivity contribution in [3.63, 3.8) is 0 Å². The Kier molecular flexibility index (Phi) is 9.54. The van der Waals surface area contributed by atoms with Crippen LogP contribution in [0, 0.1) is 65.1 Å². The number of rotatable bonds is 6. The van der Waals surface area contributed by atoms with E-state index in [1.54, 1.807) is 11.1 Å². The standard InChI is InChI=1S/C40H66/c1-25(2)33-16-12-28(7)21-36(33)31-15-19-37-32(24-31)11-10-20-40(37,38-22-29(8)13-17-34(38)26(3)4)39-23-30(9)14-18-35(39)27(5)6/h15,19,24-30,33-36,38-39H,10-14,16-18,20-23H2,1-9H3. The van der Waals surface area contributed by atoms with E-state index in [4.69, 9.17) is 0 Å². The van der Waals surface area contributed by atoms with Crippen LogP contribution in [0.4, 0.5) is 0 Å². The SMILES string of the molecule is CC1CCC(C(C)C)C(c2ccc3c(c2)CCCC3(C2CC(C)CCC2C(C)C)C2CC(C)CCC2C(C)C)C1. The maximum Gasteiger partial charge on any atom is 0.00180 e. The molecule has 0 aliphatic heterocycles. The van der Waals surface area contributed by atoms with Gasteiger partial charge in [-0.15, -0.1) is 0 Å². The molecule has 3 fully saturated rings. The summed E-state index contributed by atoms with van der Waals surface area (Å²) in [7, 11) is 0. The van der Waals surface area contributed by atoms with E-state index in [2.05, 4.69) is 80.5 Å². The quantitative estimate of drug-likeness (QED) is 0.333. The zero-order chi connectivity index (χ0) is 28.8. The maximum atomic E-state index is 2.80. The van der Waals surface area contributed by atoms with Gasteiger partial charge in [0.1, 0.15) is 0 Å². The van der Waals surface area contributed by atoms with E-state index < -0.39 is 0 Å². The van der Waals surface area contributed by atoms with Gasteiger partial charge in [-0.3, -0.25) is 0 Å². The molecule has 9 atom stereocenters. The first-order chi connectivity index (χ1) is 19.0. The lowest BCUT2D eigenvalue weighted by molar-refractivity contribution is -0.0303. The van der Waals surface area contributed by atoms with E-state index in [0.717, 1.165) is 71.0 Å². The van der Waals surface area contributed by atoms with Gasteiger partial charge in [0.05, 0.1) is 0 Å². The van der Waals surface area contributed by atoms with Crippen molar-refractivity contribution in [2.45, 2.75) is 151 Å². The molecule has 0 radical (unpaired) electrons. The summed E-state index contributed by atoms with van der Waals surface area (Å²) in [6.45, 7) is 22.9. The molecule has 9 unspecified atom stereocenters. The number of hydrogen-bond donors (Lipinski definition) is 0. The molecule has 0 aromatic heterocycles. The van der Waals surface area contributed by atoms with Crippen LogP contribution in [0.1, 0.15) is 156 Å². The van der Waals surface area contributed by atoms with Crippen LogP contribution in [0.3, 0.4) is 0 Å². The fraction of sp³-hybridized carbons (Fsp3) is 0.850. The summed E-state index contributed by atoms with van der Waals surface area (Å²) in [4.78, 5) is 0. The van der Waals surface area contributed by atoms with Gasteiger partial charge in [-0.1, -0.05) is 99.8 Å². The second kappa shape index (κ2) is 12.4. The first kappa shape index (κ1) is 30.7. The van der Waals surface area contributed by atoms with Crippen LogP contribution in [0.5, 0.6) is 0 Å². The smallest absolute Gasteiger partial charge is 0.00180 e. The van der Waals surface area contributed by atoms with E-state index in [9.17, 15) is 0 Å². The Morgan fingerprint density at radius 3 is 1.65 bits per heavy atom. The minimum absolute atomic E-state index is 0.386. The molecule has 0 saturated heterocycles. The fourth-order valence-corrected chi connectivity index (χ4v) is 11.4. The molecule has 0 spiro atoms. The third-order valence-corrected chi connectivity index (χ3v) is 13.5. The van der Waals surface area contributed by atoms with Crippen LogP contribution in [0.15, 0.2) is 18.2 Å². The van der Waals surface area contributed by atoms with Crippen molar-refractivity contribution < 1.29 is 0 Å². The van der Waals surface area contributed by atoms with E-state index >= 15 is 0 Å². The van der Waals surface area contributed by atoms with Gasteiger partial charge in [-0.2, -0.15) is 0 Å². The largest absolute Gasteiger partial charge is 0.0625 e. The van der Waals surface area contributed by atoms with Gasteiger partial charge in [-0.25, -0.2) is 0 Å². The molecule has 0 N–H and O–H groups in total. The van der Waals surface area contributed by atoms with Crippen LogP contribution in [-0.4, -0.2) is 0 Å². The van der Waals surface area contributed by atoms with Crippen molar-refractivity contribution in [1.82, 2.24) is 0 Å². The van der Waals surface area contributed by atoms with Crippen molar-refractivity contribution in [1.29, 1.82) is 0 Å². The third-order valence-electron chi connectivity index (χ3n) is 13.5. The van der Waals surface area contributed by atoms with Gasteiger partial charge in [0, 0.05) is 5.41 Å². The molecule has 4 aliphatic rings. The summed E-state index contributed by atoms with van der Waals surface area (Å²) < 4.78 is 0. The summed E-state index contributed by atoms with van der Waals surface area (Å²) in [5.41, 5.74) is 5.72. The summed E-state index contributed by atoms with van der Waals surface area (Å²) in [6, 6.07) is 8.26. The minimum atomic E-state index is 0.386. The first-order valence-corrected chi connectivity index (χ1v) is 18.2. The molecule has 3 saturated carbocycles. The van der Waals surface area contributed by atoms with E-state index in [0.29, 0.717) is 5.41 Å². The molecular formula is C40H66. The molecule has 4 aliphatic carbocycles. The number of fused-ring (bicyclic) bond motifs is 1. The van der Waals surface area contributed by atoms with Gasteiger partial charge in [-0.05, 0) is 145 Å². The number of aryl methyl sites for hydroxylation is 1. The van der Waals surface area contributed by atoms with Crippen molar-refractivity contribution in [3.05, 3.63) is 34.9 Å². The lowest BCUT2D eigenvalue weighted by Crippen LogP contribution is -2.54. The van der Waals surface area contributed by atoms with Crippen LogP contribution in [0.25, 0.3) is 0 Å². The second-order valence-corrected chi connectivity index (χ2v) is 17.1. The van der Waals surface area contributed by atoms with Gasteiger partial charge < -0.3 is 0 Å². The first-order valence-electron chi connectivity index (χ1n) is 18.2. The van der Waals surface area contributed by atoms with E-state index in [1.807, 2.05) is 5.56 Å². The van der Waals surface area contributed by atoms with Gasteiger partial charge >= 0.3 is 0 Å². The Hall–Kier alpha value is -0.780. The highest BCUT2D eigenvalue weighted by atomic mass is 14.6. The summed E-state index contributed by atoms with van der Waals surface area (Å²) in [6.07, 6.45) is 17.2. The Morgan fingerprint density at radius 1 is 0.625 bits per heavy atom. The van der Waals surface area contributed by atoms with Gasteiger partial charge in [0.15, 0.2) is 0 Å². The Bertz CT molecular complexity index is 934. The van der Waals surface area contributed by atoms with Crippen molar-refractivity contribution >= 4 is 0 Å².